The molecule has 0 aliphatic rings. The molecule has 0 saturated heterocycles. The summed E-state index contributed by atoms with van der Waals surface area (Å²) in [5.74, 6) is -0.335. The van der Waals surface area contributed by atoms with Gasteiger partial charge in [0.05, 0.1) is 4.70 Å². The predicted molar refractivity (Wildman–Crippen MR) is 58.7 cm³/mol. The van der Waals surface area contributed by atoms with Crippen LogP contribution in [-0.4, -0.2) is 4.98 Å². The van der Waals surface area contributed by atoms with E-state index in [9.17, 15) is 4.39 Å². The van der Waals surface area contributed by atoms with Gasteiger partial charge in [0.1, 0.15) is 11.3 Å². The Morgan fingerprint density at radius 1 is 1.57 bits per heavy atom. The number of hydrogen-bond donors (Lipinski definition) is 1. The van der Waals surface area contributed by atoms with Gasteiger partial charge in [0.25, 0.3) is 0 Å². The monoisotopic (exact) mass is 208 g/mol. The normalized spacial score (nSPS) is 10.7. The number of anilines is 1. The summed E-state index contributed by atoms with van der Waals surface area (Å²) in [6.07, 6.45) is 0. The van der Waals surface area contributed by atoms with Crippen molar-refractivity contribution in [2.45, 2.75) is 6.92 Å². The molecule has 2 rings (SSSR count). The smallest absolute Gasteiger partial charge is 0.181 e. The van der Waals surface area contributed by atoms with Crippen LogP contribution in [0.15, 0.2) is 18.7 Å². The van der Waals surface area contributed by atoms with Gasteiger partial charge in [0.15, 0.2) is 5.13 Å². The molecule has 2 N–H and O–H groups in total. The van der Waals surface area contributed by atoms with E-state index in [0.29, 0.717) is 10.6 Å². The predicted octanol–water partition coefficient (Wildman–Crippen LogP) is 3.05. The Labute approximate surface area is 84.9 Å². The van der Waals surface area contributed by atoms with E-state index in [0.717, 1.165) is 15.8 Å². The maximum Gasteiger partial charge on any atom is 0.181 e. The maximum absolute atomic E-state index is 13.3. The number of fused-ring (bicyclic) bond motifs is 1. The molecule has 0 saturated carbocycles. The molecule has 1 aromatic carbocycles. The Morgan fingerprint density at radius 2 is 2.29 bits per heavy atom. The Kier molecular flexibility index (Phi) is 2.00. The lowest BCUT2D eigenvalue weighted by Gasteiger charge is -2.00. The minimum Gasteiger partial charge on any atom is -0.375 e. The van der Waals surface area contributed by atoms with Crippen molar-refractivity contribution < 1.29 is 4.39 Å². The van der Waals surface area contributed by atoms with Gasteiger partial charge in [0.2, 0.25) is 0 Å². The number of rotatable bonds is 1. The summed E-state index contributed by atoms with van der Waals surface area (Å²) in [6.45, 7) is 5.71. The first-order chi connectivity index (χ1) is 6.59. The fraction of sp³-hybridized carbons (Fsp3) is 0.100. The van der Waals surface area contributed by atoms with Crippen LogP contribution in [-0.2, 0) is 0 Å². The molecule has 0 aliphatic carbocycles. The van der Waals surface area contributed by atoms with Crippen molar-refractivity contribution in [3.63, 3.8) is 0 Å². The van der Waals surface area contributed by atoms with Crippen molar-refractivity contribution in [1.82, 2.24) is 4.98 Å². The SMILES string of the molecule is C=C(C)c1ccc(F)c2nc(N)sc12. The zero-order valence-corrected chi connectivity index (χ0v) is 8.49. The van der Waals surface area contributed by atoms with Gasteiger partial charge < -0.3 is 5.73 Å². The first-order valence-electron chi connectivity index (χ1n) is 4.10. The Morgan fingerprint density at radius 3 is 2.93 bits per heavy atom. The van der Waals surface area contributed by atoms with E-state index in [1.165, 1.54) is 17.4 Å². The third kappa shape index (κ3) is 1.28. The third-order valence-corrected chi connectivity index (χ3v) is 2.89. The molecule has 2 aromatic rings. The number of nitrogen functional groups attached to an aromatic ring is 1. The lowest BCUT2D eigenvalue weighted by molar-refractivity contribution is 0.637. The highest BCUT2D eigenvalue weighted by atomic mass is 32.1. The molecule has 1 aromatic heterocycles. The number of aromatic nitrogens is 1. The quantitative estimate of drug-likeness (QED) is 0.782. The van der Waals surface area contributed by atoms with Crippen molar-refractivity contribution in [1.29, 1.82) is 0 Å². The van der Waals surface area contributed by atoms with E-state index >= 15 is 0 Å². The van der Waals surface area contributed by atoms with Gasteiger partial charge in [-0.2, -0.15) is 0 Å². The van der Waals surface area contributed by atoms with Gasteiger partial charge in [-0.1, -0.05) is 24.0 Å². The van der Waals surface area contributed by atoms with E-state index in [1.54, 1.807) is 6.07 Å². The standard InChI is InChI=1S/C10H9FN2S/c1-5(2)6-3-4-7(11)8-9(6)14-10(12)13-8/h3-4H,1H2,2H3,(H2,12,13). The highest BCUT2D eigenvalue weighted by Gasteiger charge is 2.10. The Hall–Kier alpha value is -1.42. The lowest BCUT2D eigenvalue weighted by Crippen LogP contribution is -1.84. The van der Waals surface area contributed by atoms with Crippen LogP contribution in [0.5, 0.6) is 0 Å². The van der Waals surface area contributed by atoms with Crippen LogP contribution in [0.2, 0.25) is 0 Å². The van der Waals surface area contributed by atoms with Crippen LogP contribution >= 0.6 is 11.3 Å². The van der Waals surface area contributed by atoms with Crippen LogP contribution in [0, 0.1) is 5.82 Å². The summed E-state index contributed by atoms with van der Waals surface area (Å²) in [4.78, 5) is 3.94. The zero-order valence-electron chi connectivity index (χ0n) is 7.67. The van der Waals surface area contributed by atoms with Crippen molar-refractivity contribution in [2.75, 3.05) is 5.73 Å². The minimum atomic E-state index is -0.335. The lowest BCUT2D eigenvalue weighted by atomic mass is 10.1. The highest BCUT2D eigenvalue weighted by molar-refractivity contribution is 7.22. The number of allylic oxidation sites excluding steroid dienone is 1. The number of nitrogens with zero attached hydrogens (tertiary/aromatic N) is 1. The molecule has 0 atom stereocenters. The molecule has 2 nitrogen and oxygen atoms in total. The summed E-state index contributed by atoms with van der Waals surface area (Å²) < 4.78 is 14.1. The van der Waals surface area contributed by atoms with Crippen molar-refractivity contribution in [2.24, 2.45) is 0 Å². The third-order valence-electron chi connectivity index (χ3n) is 1.97. The topological polar surface area (TPSA) is 38.9 Å². The van der Waals surface area contributed by atoms with Crippen molar-refractivity contribution in [3.8, 4) is 0 Å². The average molecular weight is 208 g/mol. The van der Waals surface area contributed by atoms with Gasteiger partial charge >= 0.3 is 0 Å². The van der Waals surface area contributed by atoms with Gasteiger partial charge in [0, 0.05) is 0 Å². The second-order valence-electron chi connectivity index (χ2n) is 3.11. The van der Waals surface area contributed by atoms with Crippen LogP contribution in [0.1, 0.15) is 12.5 Å². The second kappa shape index (κ2) is 3.06. The fourth-order valence-electron chi connectivity index (χ4n) is 1.33. The summed E-state index contributed by atoms with van der Waals surface area (Å²) in [5, 5.41) is 0.382. The summed E-state index contributed by atoms with van der Waals surface area (Å²) in [7, 11) is 0. The Bertz CT molecular complexity index is 516. The van der Waals surface area contributed by atoms with Crippen molar-refractivity contribution in [3.05, 3.63) is 30.1 Å². The fourth-order valence-corrected chi connectivity index (χ4v) is 2.27. The summed E-state index contributed by atoms with van der Waals surface area (Å²) in [6, 6.07) is 3.10. The van der Waals surface area contributed by atoms with Crippen LogP contribution in [0.25, 0.3) is 15.8 Å². The molecule has 0 amide bonds. The first-order valence-corrected chi connectivity index (χ1v) is 4.91. The Balaban J connectivity index is 2.87. The first kappa shape index (κ1) is 9.15. The second-order valence-corrected chi connectivity index (χ2v) is 4.14. The van der Waals surface area contributed by atoms with Crippen LogP contribution in [0.4, 0.5) is 9.52 Å². The molecule has 0 radical (unpaired) electrons. The average Bonchev–Trinajstić information content (AvgIpc) is 2.47. The van der Waals surface area contributed by atoms with E-state index in [2.05, 4.69) is 11.6 Å². The van der Waals surface area contributed by atoms with E-state index < -0.39 is 0 Å². The molecular weight excluding hydrogens is 199 g/mol. The molecule has 0 fully saturated rings. The zero-order chi connectivity index (χ0) is 10.3. The van der Waals surface area contributed by atoms with E-state index in [-0.39, 0.29) is 5.82 Å². The number of halogens is 1. The number of hydrogen-bond acceptors (Lipinski definition) is 3. The van der Waals surface area contributed by atoms with Crippen LogP contribution in [0.3, 0.4) is 0 Å². The molecule has 1 heterocycles. The summed E-state index contributed by atoms with van der Waals surface area (Å²) in [5.41, 5.74) is 7.68. The largest absolute Gasteiger partial charge is 0.375 e. The van der Waals surface area contributed by atoms with Gasteiger partial charge in [-0.3, -0.25) is 0 Å². The van der Waals surface area contributed by atoms with Gasteiger partial charge in [-0.25, -0.2) is 9.37 Å². The van der Waals surface area contributed by atoms with Crippen molar-refractivity contribution >= 4 is 32.3 Å². The van der Waals surface area contributed by atoms with Gasteiger partial charge in [-0.15, -0.1) is 0 Å². The number of benzene rings is 1. The summed E-state index contributed by atoms with van der Waals surface area (Å²) >= 11 is 1.29. The van der Waals surface area contributed by atoms with E-state index in [4.69, 9.17) is 5.73 Å². The highest BCUT2D eigenvalue weighted by Crippen LogP contribution is 2.32. The molecule has 14 heavy (non-hydrogen) atoms. The molecule has 0 spiro atoms. The minimum absolute atomic E-state index is 0.335. The molecule has 4 heteroatoms. The maximum atomic E-state index is 13.3. The molecule has 0 aliphatic heterocycles. The molecule has 72 valence electrons. The van der Waals surface area contributed by atoms with Gasteiger partial charge in [-0.05, 0) is 24.1 Å². The molecule has 0 bridgehead atoms. The van der Waals surface area contributed by atoms with Crippen LogP contribution < -0.4 is 5.73 Å². The molecule has 0 unspecified atom stereocenters. The van der Waals surface area contributed by atoms with E-state index in [1.807, 2.05) is 6.92 Å². The molecular formula is C10H9FN2S. The number of nitrogens with two attached hydrogens (primary N) is 1. The number of thiazole rings is 1.